The van der Waals surface area contributed by atoms with E-state index in [1.54, 1.807) is 0 Å². The van der Waals surface area contributed by atoms with Gasteiger partial charge in [-0.2, -0.15) is 0 Å². The quantitative estimate of drug-likeness (QED) is 0.908. The van der Waals surface area contributed by atoms with E-state index in [4.69, 9.17) is 27.9 Å². The molecule has 2 aliphatic rings. The van der Waals surface area contributed by atoms with Crippen LogP contribution in [0.4, 0.5) is 0 Å². The maximum atomic E-state index is 6.23. The van der Waals surface area contributed by atoms with Crippen LogP contribution in [-0.4, -0.2) is 19.2 Å². The van der Waals surface area contributed by atoms with Crippen molar-refractivity contribution in [1.29, 1.82) is 0 Å². The van der Waals surface area contributed by atoms with Crippen molar-refractivity contribution in [2.45, 2.75) is 31.5 Å². The maximum absolute atomic E-state index is 6.23. The van der Waals surface area contributed by atoms with Gasteiger partial charge in [-0.3, -0.25) is 0 Å². The molecule has 2 fully saturated rings. The summed E-state index contributed by atoms with van der Waals surface area (Å²) in [4.78, 5) is 0. The van der Waals surface area contributed by atoms with Gasteiger partial charge in [0, 0.05) is 19.0 Å². The molecule has 1 unspecified atom stereocenters. The fraction of sp³-hybridized carbons (Fsp3) is 0.571. The van der Waals surface area contributed by atoms with E-state index < -0.39 is 0 Å². The first-order valence-electron chi connectivity index (χ1n) is 6.55. The van der Waals surface area contributed by atoms with E-state index in [2.05, 4.69) is 5.32 Å². The highest BCUT2D eigenvalue weighted by molar-refractivity contribution is 6.42. The van der Waals surface area contributed by atoms with Crippen LogP contribution in [0.15, 0.2) is 18.2 Å². The zero-order valence-electron chi connectivity index (χ0n) is 10.2. The molecule has 1 aromatic rings. The summed E-state index contributed by atoms with van der Waals surface area (Å²) < 4.78 is 6.23. The molecule has 1 aliphatic heterocycles. The highest BCUT2D eigenvalue weighted by Gasteiger charge is 2.33. The van der Waals surface area contributed by atoms with Crippen LogP contribution in [0.25, 0.3) is 0 Å². The van der Waals surface area contributed by atoms with Gasteiger partial charge in [0.05, 0.1) is 22.3 Å². The summed E-state index contributed by atoms with van der Waals surface area (Å²) in [5, 5.41) is 4.53. The monoisotopic (exact) mass is 285 g/mol. The molecule has 1 saturated heterocycles. The molecule has 1 N–H and O–H groups in total. The first kappa shape index (κ1) is 12.7. The first-order valence-corrected chi connectivity index (χ1v) is 7.31. The molecule has 1 saturated carbocycles. The summed E-state index contributed by atoms with van der Waals surface area (Å²) in [5.74, 6) is 0.558. The van der Waals surface area contributed by atoms with Crippen LogP contribution < -0.4 is 5.32 Å². The van der Waals surface area contributed by atoms with E-state index in [0.717, 1.165) is 18.7 Å². The van der Waals surface area contributed by atoms with Crippen molar-refractivity contribution in [3.8, 4) is 0 Å². The number of rotatable bonds is 4. The average Bonchev–Trinajstić information content (AvgIpc) is 2.23. The molecule has 0 bridgehead atoms. The van der Waals surface area contributed by atoms with Gasteiger partial charge in [-0.05, 0) is 37.0 Å². The minimum atomic E-state index is 0.159. The topological polar surface area (TPSA) is 21.3 Å². The van der Waals surface area contributed by atoms with Crippen molar-refractivity contribution in [3.63, 3.8) is 0 Å². The molecule has 4 heteroatoms. The molecule has 1 heterocycles. The van der Waals surface area contributed by atoms with E-state index in [1.807, 2.05) is 18.2 Å². The van der Waals surface area contributed by atoms with Gasteiger partial charge in [-0.15, -0.1) is 0 Å². The fourth-order valence-corrected chi connectivity index (χ4v) is 2.70. The Hall–Kier alpha value is -0.280. The van der Waals surface area contributed by atoms with Crippen molar-refractivity contribution >= 4 is 23.2 Å². The van der Waals surface area contributed by atoms with Crippen LogP contribution in [0.3, 0.4) is 0 Å². The Labute approximate surface area is 118 Å². The molecule has 0 amide bonds. The van der Waals surface area contributed by atoms with Crippen molar-refractivity contribution < 1.29 is 4.74 Å². The predicted molar refractivity (Wildman–Crippen MR) is 74.3 cm³/mol. The Kier molecular flexibility index (Phi) is 3.81. The lowest BCUT2D eigenvalue weighted by Gasteiger charge is -2.39. The Morgan fingerprint density at radius 2 is 1.94 bits per heavy atom. The minimum Gasteiger partial charge on any atom is -0.370 e. The van der Waals surface area contributed by atoms with Gasteiger partial charge in [0.2, 0.25) is 0 Å². The van der Waals surface area contributed by atoms with E-state index in [0.29, 0.717) is 22.1 Å². The van der Waals surface area contributed by atoms with Gasteiger partial charge < -0.3 is 10.1 Å². The zero-order valence-corrected chi connectivity index (χ0v) is 11.7. The van der Waals surface area contributed by atoms with Crippen molar-refractivity contribution in [2.24, 2.45) is 5.92 Å². The Morgan fingerprint density at radius 3 is 2.44 bits per heavy atom. The second-order valence-corrected chi connectivity index (χ2v) is 6.02. The molecule has 3 rings (SSSR count). The van der Waals surface area contributed by atoms with Crippen LogP contribution in [0, 0.1) is 5.92 Å². The third-order valence-electron chi connectivity index (χ3n) is 3.90. The molecular formula is C14H17Cl2NO. The van der Waals surface area contributed by atoms with Crippen molar-refractivity contribution in [1.82, 2.24) is 5.32 Å². The van der Waals surface area contributed by atoms with E-state index in [1.165, 1.54) is 19.3 Å². The average molecular weight is 286 g/mol. The summed E-state index contributed by atoms with van der Waals surface area (Å²) in [6, 6.07) is 5.85. The Bertz CT molecular complexity index is 430. The van der Waals surface area contributed by atoms with Gasteiger partial charge in [0.1, 0.15) is 0 Å². The molecule has 98 valence electrons. The van der Waals surface area contributed by atoms with Gasteiger partial charge in [-0.25, -0.2) is 0 Å². The van der Waals surface area contributed by atoms with Crippen molar-refractivity contribution in [2.75, 3.05) is 13.1 Å². The summed E-state index contributed by atoms with van der Waals surface area (Å²) >= 11 is 12.1. The second-order valence-electron chi connectivity index (χ2n) is 5.20. The Balaban J connectivity index is 1.79. The smallest absolute Gasteiger partial charge is 0.0881 e. The number of nitrogens with one attached hydrogen (secondary N) is 1. The van der Waals surface area contributed by atoms with Crippen LogP contribution >= 0.6 is 23.2 Å². The molecule has 0 aromatic heterocycles. The van der Waals surface area contributed by atoms with E-state index >= 15 is 0 Å². The third-order valence-corrected chi connectivity index (χ3v) is 4.64. The molecule has 0 spiro atoms. The van der Waals surface area contributed by atoms with E-state index in [9.17, 15) is 0 Å². The lowest BCUT2D eigenvalue weighted by molar-refractivity contribution is -0.0872. The normalized spacial score (nSPS) is 22.3. The molecule has 0 radical (unpaired) electrons. The second kappa shape index (κ2) is 5.38. The number of halogens is 2. The third kappa shape index (κ3) is 2.53. The number of hydrogen-bond acceptors (Lipinski definition) is 2. The van der Waals surface area contributed by atoms with Crippen LogP contribution in [-0.2, 0) is 4.74 Å². The minimum absolute atomic E-state index is 0.159. The lowest BCUT2D eigenvalue weighted by Crippen LogP contribution is -2.47. The summed E-state index contributed by atoms with van der Waals surface area (Å²) in [6.07, 6.45) is 4.27. The van der Waals surface area contributed by atoms with Gasteiger partial charge in [0.15, 0.2) is 0 Å². The van der Waals surface area contributed by atoms with Gasteiger partial charge in [-0.1, -0.05) is 29.3 Å². The highest BCUT2D eigenvalue weighted by Crippen LogP contribution is 2.37. The summed E-state index contributed by atoms with van der Waals surface area (Å²) in [5.41, 5.74) is 1.16. The molecule has 2 nitrogen and oxygen atoms in total. The predicted octanol–water partition coefficient (Wildman–Crippen LogP) is 3.82. The molecule has 1 aliphatic carbocycles. The number of ether oxygens (including phenoxy) is 1. The molecule has 1 atom stereocenters. The van der Waals surface area contributed by atoms with Gasteiger partial charge >= 0.3 is 0 Å². The molecule has 1 aromatic carbocycles. The number of benzene rings is 1. The zero-order chi connectivity index (χ0) is 12.5. The first-order chi connectivity index (χ1) is 8.74. The molecular weight excluding hydrogens is 269 g/mol. The largest absolute Gasteiger partial charge is 0.370 e. The van der Waals surface area contributed by atoms with E-state index in [-0.39, 0.29) is 6.10 Å². The molecule has 18 heavy (non-hydrogen) atoms. The lowest BCUT2D eigenvalue weighted by atomic mass is 9.89. The summed E-state index contributed by atoms with van der Waals surface area (Å²) in [7, 11) is 0. The standard InChI is InChI=1S/C14H17Cl2NO/c15-12-5-4-9(6-13(12)16)14(10-7-17-8-10)18-11-2-1-3-11/h4-6,10-11,14,17H,1-3,7-8H2. The Morgan fingerprint density at radius 1 is 1.17 bits per heavy atom. The van der Waals surface area contributed by atoms with Crippen LogP contribution in [0.2, 0.25) is 10.0 Å². The van der Waals surface area contributed by atoms with Crippen LogP contribution in [0.1, 0.15) is 30.9 Å². The van der Waals surface area contributed by atoms with Crippen molar-refractivity contribution in [3.05, 3.63) is 33.8 Å². The van der Waals surface area contributed by atoms with Gasteiger partial charge in [0.25, 0.3) is 0 Å². The SMILES string of the molecule is Clc1ccc(C(OC2CCC2)C2CNC2)cc1Cl. The van der Waals surface area contributed by atoms with Crippen LogP contribution in [0.5, 0.6) is 0 Å². The fourth-order valence-electron chi connectivity index (χ4n) is 2.39. The maximum Gasteiger partial charge on any atom is 0.0881 e. The summed E-state index contributed by atoms with van der Waals surface area (Å²) in [6.45, 7) is 2.05. The number of hydrogen-bond donors (Lipinski definition) is 1. The highest BCUT2D eigenvalue weighted by atomic mass is 35.5.